The van der Waals surface area contributed by atoms with Crippen LogP contribution in [0.2, 0.25) is 0 Å². The summed E-state index contributed by atoms with van der Waals surface area (Å²) in [5.41, 5.74) is -0.313. The maximum Gasteiger partial charge on any atom is 0.276 e. The van der Waals surface area contributed by atoms with Crippen molar-refractivity contribution in [1.82, 2.24) is 5.32 Å². The second-order valence-corrected chi connectivity index (χ2v) is 3.39. The first kappa shape index (κ1) is 12.4. The van der Waals surface area contributed by atoms with Crippen LogP contribution in [-0.2, 0) is 0 Å². The van der Waals surface area contributed by atoms with Crippen molar-refractivity contribution in [3.05, 3.63) is 34.1 Å². The molecule has 88 valence electrons. The number of nitro groups is 1. The van der Waals surface area contributed by atoms with Gasteiger partial charge in [-0.05, 0) is 14.0 Å². The number of halogens is 1. The van der Waals surface area contributed by atoms with E-state index in [0.29, 0.717) is 6.54 Å². The third-order valence-corrected chi connectivity index (χ3v) is 1.90. The SMILES string of the molecule is CNCC(C)Oc1cc(F)cc([N+](=O)[O-])c1. The minimum atomic E-state index is -0.680. The zero-order chi connectivity index (χ0) is 12.1. The lowest BCUT2D eigenvalue weighted by molar-refractivity contribution is -0.385. The predicted molar refractivity (Wildman–Crippen MR) is 57.1 cm³/mol. The van der Waals surface area contributed by atoms with Gasteiger partial charge in [0.05, 0.1) is 17.1 Å². The number of hydrogen-bond acceptors (Lipinski definition) is 4. The van der Waals surface area contributed by atoms with Gasteiger partial charge in [-0.25, -0.2) is 4.39 Å². The van der Waals surface area contributed by atoms with Crippen molar-refractivity contribution in [1.29, 1.82) is 0 Å². The molecule has 0 aliphatic carbocycles. The Morgan fingerprint density at radius 3 is 2.81 bits per heavy atom. The molecule has 1 atom stereocenters. The van der Waals surface area contributed by atoms with E-state index in [1.165, 1.54) is 6.07 Å². The average molecular weight is 228 g/mol. The smallest absolute Gasteiger partial charge is 0.276 e. The summed E-state index contributed by atoms with van der Waals surface area (Å²) in [6.45, 7) is 2.36. The van der Waals surface area contributed by atoms with Crippen LogP contribution in [0, 0.1) is 15.9 Å². The van der Waals surface area contributed by atoms with Gasteiger partial charge in [-0.15, -0.1) is 0 Å². The highest BCUT2D eigenvalue weighted by Crippen LogP contribution is 2.22. The molecule has 0 amide bonds. The molecular formula is C10H13FN2O3. The van der Waals surface area contributed by atoms with Crippen LogP contribution >= 0.6 is 0 Å². The molecule has 1 rings (SSSR count). The van der Waals surface area contributed by atoms with Crippen LogP contribution in [0.15, 0.2) is 18.2 Å². The first-order chi connectivity index (χ1) is 7.52. The van der Waals surface area contributed by atoms with Gasteiger partial charge in [0.1, 0.15) is 17.7 Å². The van der Waals surface area contributed by atoms with Crippen LogP contribution < -0.4 is 10.1 Å². The summed E-state index contributed by atoms with van der Waals surface area (Å²) in [7, 11) is 1.76. The molecule has 0 aliphatic rings. The van der Waals surface area contributed by atoms with Gasteiger partial charge in [-0.3, -0.25) is 10.1 Å². The quantitative estimate of drug-likeness (QED) is 0.615. The zero-order valence-electron chi connectivity index (χ0n) is 9.07. The molecule has 0 aliphatic heterocycles. The second kappa shape index (κ2) is 5.41. The standard InChI is InChI=1S/C10H13FN2O3/c1-7(6-12-2)16-10-4-8(11)3-9(5-10)13(14)15/h3-5,7,12H,6H2,1-2H3. The zero-order valence-corrected chi connectivity index (χ0v) is 9.07. The van der Waals surface area contributed by atoms with Gasteiger partial charge < -0.3 is 10.1 Å². The number of hydrogen-bond donors (Lipinski definition) is 1. The molecule has 16 heavy (non-hydrogen) atoms. The lowest BCUT2D eigenvalue weighted by Gasteiger charge is -2.13. The largest absolute Gasteiger partial charge is 0.489 e. The Balaban J connectivity index is 2.84. The third-order valence-electron chi connectivity index (χ3n) is 1.90. The molecule has 5 nitrogen and oxygen atoms in total. The summed E-state index contributed by atoms with van der Waals surface area (Å²) in [4.78, 5) is 9.83. The van der Waals surface area contributed by atoms with Crippen LogP contribution in [0.5, 0.6) is 5.75 Å². The van der Waals surface area contributed by atoms with Gasteiger partial charge in [0.15, 0.2) is 0 Å². The van der Waals surface area contributed by atoms with Crippen LogP contribution in [0.3, 0.4) is 0 Å². The molecule has 0 heterocycles. The normalized spacial score (nSPS) is 12.2. The molecule has 0 saturated carbocycles. The minimum Gasteiger partial charge on any atom is -0.489 e. The molecule has 0 bridgehead atoms. The van der Waals surface area contributed by atoms with E-state index in [-0.39, 0.29) is 17.5 Å². The Hall–Kier alpha value is -1.69. The minimum absolute atomic E-state index is 0.162. The Morgan fingerprint density at radius 2 is 2.25 bits per heavy atom. The van der Waals surface area contributed by atoms with Crippen molar-refractivity contribution in [2.75, 3.05) is 13.6 Å². The third kappa shape index (κ3) is 3.47. The number of rotatable bonds is 5. The Kier molecular flexibility index (Phi) is 4.19. The Labute approximate surface area is 92.4 Å². The first-order valence-corrected chi connectivity index (χ1v) is 4.79. The lowest BCUT2D eigenvalue weighted by Crippen LogP contribution is -2.26. The summed E-state index contributed by atoms with van der Waals surface area (Å²) in [5, 5.41) is 13.4. The van der Waals surface area contributed by atoms with E-state index in [9.17, 15) is 14.5 Å². The summed E-state index contributed by atoms with van der Waals surface area (Å²) >= 11 is 0. The highest BCUT2D eigenvalue weighted by molar-refractivity contribution is 5.39. The van der Waals surface area contributed by atoms with Crippen molar-refractivity contribution in [2.24, 2.45) is 0 Å². The predicted octanol–water partition coefficient (Wildman–Crippen LogP) is 1.72. The van der Waals surface area contributed by atoms with Crippen molar-refractivity contribution in [2.45, 2.75) is 13.0 Å². The van der Waals surface area contributed by atoms with Crippen LogP contribution in [0.25, 0.3) is 0 Å². The Bertz CT molecular complexity index is 384. The maximum atomic E-state index is 13.0. The average Bonchev–Trinajstić information content (AvgIpc) is 2.16. The van der Waals surface area contributed by atoms with Gasteiger partial charge in [0, 0.05) is 12.6 Å². The molecular weight excluding hydrogens is 215 g/mol. The first-order valence-electron chi connectivity index (χ1n) is 4.79. The molecule has 1 N–H and O–H groups in total. The molecule has 0 fully saturated rings. The molecule has 1 aromatic rings. The van der Waals surface area contributed by atoms with E-state index in [1.807, 2.05) is 0 Å². The van der Waals surface area contributed by atoms with Gasteiger partial charge in [0.25, 0.3) is 5.69 Å². The number of ether oxygens (including phenoxy) is 1. The summed E-state index contributed by atoms with van der Waals surface area (Å²) in [6, 6.07) is 3.18. The van der Waals surface area contributed by atoms with Crippen molar-refractivity contribution in [3.63, 3.8) is 0 Å². The number of nitro benzene ring substituents is 1. The number of nitrogens with one attached hydrogen (secondary N) is 1. The van der Waals surface area contributed by atoms with E-state index in [1.54, 1.807) is 14.0 Å². The molecule has 6 heteroatoms. The van der Waals surface area contributed by atoms with Crippen LogP contribution in [0.4, 0.5) is 10.1 Å². The van der Waals surface area contributed by atoms with Gasteiger partial charge >= 0.3 is 0 Å². The number of non-ortho nitro benzene ring substituents is 1. The molecule has 0 spiro atoms. The van der Waals surface area contributed by atoms with Crippen LogP contribution in [-0.4, -0.2) is 24.6 Å². The number of likely N-dealkylation sites (N-methyl/N-ethyl adjacent to an activating group) is 1. The van der Waals surface area contributed by atoms with E-state index in [2.05, 4.69) is 5.32 Å². The van der Waals surface area contributed by atoms with E-state index in [4.69, 9.17) is 4.74 Å². The van der Waals surface area contributed by atoms with Crippen molar-refractivity contribution < 1.29 is 14.1 Å². The second-order valence-electron chi connectivity index (χ2n) is 3.39. The van der Waals surface area contributed by atoms with Crippen LogP contribution in [0.1, 0.15) is 6.92 Å². The fourth-order valence-electron chi connectivity index (χ4n) is 1.28. The summed E-state index contributed by atoms with van der Waals surface area (Å²) in [6.07, 6.45) is -0.189. The van der Waals surface area contributed by atoms with Gasteiger partial charge in [-0.1, -0.05) is 0 Å². The van der Waals surface area contributed by atoms with E-state index in [0.717, 1.165) is 12.1 Å². The van der Waals surface area contributed by atoms with Gasteiger partial charge in [-0.2, -0.15) is 0 Å². The fraction of sp³-hybridized carbons (Fsp3) is 0.400. The van der Waals surface area contributed by atoms with E-state index < -0.39 is 10.7 Å². The van der Waals surface area contributed by atoms with Crippen molar-refractivity contribution in [3.8, 4) is 5.75 Å². The lowest BCUT2D eigenvalue weighted by atomic mass is 10.3. The number of nitrogens with zero attached hydrogens (tertiary/aromatic N) is 1. The topological polar surface area (TPSA) is 64.4 Å². The molecule has 0 radical (unpaired) electrons. The highest BCUT2D eigenvalue weighted by Gasteiger charge is 2.12. The maximum absolute atomic E-state index is 13.0. The van der Waals surface area contributed by atoms with Gasteiger partial charge in [0.2, 0.25) is 0 Å². The highest BCUT2D eigenvalue weighted by atomic mass is 19.1. The number of benzene rings is 1. The Morgan fingerprint density at radius 1 is 1.56 bits per heavy atom. The molecule has 0 saturated heterocycles. The molecule has 0 aromatic heterocycles. The fourth-order valence-corrected chi connectivity index (χ4v) is 1.28. The van der Waals surface area contributed by atoms with E-state index >= 15 is 0 Å². The summed E-state index contributed by atoms with van der Waals surface area (Å²) in [5.74, 6) is -0.518. The monoisotopic (exact) mass is 228 g/mol. The summed E-state index contributed by atoms with van der Waals surface area (Å²) < 4.78 is 18.3. The molecule has 1 unspecified atom stereocenters. The van der Waals surface area contributed by atoms with Crippen molar-refractivity contribution >= 4 is 5.69 Å². The molecule has 1 aromatic carbocycles.